The van der Waals surface area contributed by atoms with E-state index in [-0.39, 0.29) is 6.10 Å². The fraction of sp³-hybridized carbons (Fsp3) is 0.800. The highest BCUT2D eigenvalue weighted by Crippen LogP contribution is 2.19. The topological polar surface area (TPSA) is 63.2 Å². The van der Waals surface area contributed by atoms with Gasteiger partial charge in [-0.3, -0.25) is 0 Å². The summed E-state index contributed by atoms with van der Waals surface area (Å²) in [5.74, 6) is 1.76. The van der Waals surface area contributed by atoms with Gasteiger partial charge in [0.2, 0.25) is 11.9 Å². The molecule has 1 aromatic heterocycles. The van der Waals surface area contributed by atoms with E-state index in [2.05, 4.69) is 52.9 Å². The zero-order chi connectivity index (χ0) is 16.0. The number of nitrogens with one attached hydrogen (secondary N) is 1. The minimum Gasteiger partial charge on any atom is -0.461 e. The van der Waals surface area contributed by atoms with E-state index in [4.69, 9.17) is 4.74 Å². The minimum absolute atomic E-state index is 0.0346. The molecule has 0 aliphatic heterocycles. The molecular formula is C15H29N5O. The monoisotopic (exact) mass is 295 g/mol. The second-order valence-corrected chi connectivity index (χ2v) is 6.08. The standard InChI is InChI=1S/C15H29N5O/c1-8-16-13-17-14(19-15(18-13)21-12(6)7)20(11(4)5)9-10(2)3/h10-12H,8-9H2,1-7H3,(H,16,17,18,19). The van der Waals surface area contributed by atoms with Crippen molar-refractivity contribution in [2.24, 2.45) is 5.92 Å². The first-order valence-corrected chi connectivity index (χ1v) is 7.76. The van der Waals surface area contributed by atoms with Gasteiger partial charge in [0.1, 0.15) is 0 Å². The summed E-state index contributed by atoms with van der Waals surface area (Å²) in [5.41, 5.74) is 0. The van der Waals surface area contributed by atoms with Gasteiger partial charge in [0.15, 0.2) is 0 Å². The third kappa shape index (κ3) is 5.73. The van der Waals surface area contributed by atoms with Gasteiger partial charge in [-0.1, -0.05) is 13.8 Å². The molecule has 1 heterocycles. The highest BCUT2D eigenvalue weighted by atomic mass is 16.5. The van der Waals surface area contributed by atoms with Crippen molar-refractivity contribution < 1.29 is 4.74 Å². The molecule has 6 heteroatoms. The highest BCUT2D eigenvalue weighted by Gasteiger charge is 2.18. The Morgan fingerprint density at radius 3 is 2.19 bits per heavy atom. The van der Waals surface area contributed by atoms with Crippen LogP contribution >= 0.6 is 0 Å². The van der Waals surface area contributed by atoms with Gasteiger partial charge in [-0.25, -0.2) is 0 Å². The molecule has 6 nitrogen and oxygen atoms in total. The summed E-state index contributed by atoms with van der Waals surface area (Å²) in [7, 11) is 0. The molecule has 0 saturated carbocycles. The Hall–Kier alpha value is -1.59. The van der Waals surface area contributed by atoms with Crippen molar-refractivity contribution in [3.8, 4) is 6.01 Å². The third-order valence-electron chi connectivity index (χ3n) is 2.72. The lowest BCUT2D eigenvalue weighted by molar-refractivity contribution is 0.222. The molecule has 0 radical (unpaired) electrons. The Kier molecular flexibility index (Phi) is 6.65. The number of rotatable bonds is 8. The molecule has 0 fully saturated rings. The van der Waals surface area contributed by atoms with Crippen LogP contribution in [0, 0.1) is 5.92 Å². The van der Waals surface area contributed by atoms with E-state index >= 15 is 0 Å². The molecule has 0 amide bonds. The van der Waals surface area contributed by atoms with Crippen molar-refractivity contribution >= 4 is 11.9 Å². The molecule has 0 aliphatic rings. The summed E-state index contributed by atoms with van der Waals surface area (Å²) in [5, 5.41) is 3.14. The van der Waals surface area contributed by atoms with Crippen molar-refractivity contribution in [2.45, 2.75) is 60.6 Å². The van der Waals surface area contributed by atoms with E-state index in [9.17, 15) is 0 Å². The number of hydrogen-bond donors (Lipinski definition) is 1. The van der Waals surface area contributed by atoms with Crippen LogP contribution in [0.25, 0.3) is 0 Å². The quantitative estimate of drug-likeness (QED) is 0.795. The Bertz CT molecular complexity index is 434. The van der Waals surface area contributed by atoms with Crippen LogP contribution in [-0.2, 0) is 0 Å². The van der Waals surface area contributed by atoms with Gasteiger partial charge < -0.3 is 15.0 Å². The molecule has 1 N–H and O–H groups in total. The van der Waals surface area contributed by atoms with Crippen LogP contribution in [0.3, 0.4) is 0 Å². The predicted octanol–water partition coefficient (Wildman–Crippen LogP) is 2.96. The van der Waals surface area contributed by atoms with Gasteiger partial charge in [-0.2, -0.15) is 15.0 Å². The normalized spacial score (nSPS) is 11.3. The van der Waals surface area contributed by atoms with E-state index in [1.807, 2.05) is 20.8 Å². The maximum atomic E-state index is 5.65. The highest BCUT2D eigenvalue weighted by molar-refractivity contribution is 5.39. The molecule has 21 heavy (non-hydrogen) atoms. The summed E-state index contributed by atoms with van der Waals surface area (Å²) in [6.45, 7) is 16.3. The van der Waals surface area contributed by atoms with Gasteiger partial charge in [0, 0.05) is 19.1 Å². The smallest absolute Gasteiger partial charge is 0.323 e. The Morgan fingerprint density at radius 2 is 1.71 bits per heavy atom. The number of nitrogens with zero attached hydrogens (tertiary/aromatic N) is 4. The van der Waals surface area contributed by atoms with E-state index in [0.29, 0.717) is 29.9 Å². The SMILES string of the molecule is CCNc1nc(OC(C)C)nc(N(CC(C)C)C(C)C)n1. The lowest BCUT2D eigenvalue weighted by atomic mass is 10.2. The van der Waals surface area contributed by atoms with Gasteiger partial charge in [0.05, 0.1) is 6.10 Å². The summed E-state index contributed by atoms with van der Waals surface area (Å²) in [4.78, 5) is 15.5. The first kappa shape index (κ1) is 17.5. The molecule has 0 aliphatic carbocycles. The van der Waals surface area contributed by atoms with E-state index < -0.39 is 0 Å². The molecule has 0 saturated heterocycles. The van der Waals surface area contributed by atoms with Crippen LogP contribution in [0.15, 0.2) is 0 Å². The van der Waals surface area contributed by atoms with Crippen LogP contribution in [0.1, 0.15) is 48.5 Å². The zero-order valence-corrected chi connectivity index (χ0v) is 14.3. The second-order valence-electron chi connectivity index (χ2n) is 6.08. The average Bonchev–Trinajstić information content (AvgIpc) is 2.34. The number of hydrogen-bond acceptors (Lipinski definition) is 6. The van der Waals surface area contributed by atoms with Crippen LogP contribution in [-0.4, -0.2) is 40.2 Å². The average molecular weight is 295 g/mol. The van der Waals surface area contributed by atoms with Gasteiger partial charge in [-0.15, -0.1) is 0 Å². The van der Waals surface area contributed by atoms with Crippen LogP contribution < -0.4 is 15.0 Å². The van der Waals surface area contributed by atoms with E-state index in [1.165, 1.54) is 0 Å². The van der Waals surface area contributed by atoms with Crippen molar-refractivity contribution in [3.63, 3.8) is 0 Å². The van der Waals surface area contributed by atoms with Crippen molar-refractivity contribution in [1.29, 1.82) is 0 Å². The first-order valence-electron chi connectivity index (χ1n) is 7.76. The van der Waals surface area contributed by atoms with E-state index in [1.54, 1.807) is 0 Å². The summed E-state index contributed by atoms with van der Waals surface area (Å²) in [6, 6.07) is 0.691. The predicted molar refractivity (Wildman–Crippen MR) is 87.1 cm³/mol. The molecule has 0 bridgehead atoms. The minimum atomic E-state index is 0.0346. The van der Waals surface area contributed by atoms with Crippen molar-refractivity contribution in [2.75, 3.05) is 23.3 Å². The maximum absolute atomic E-state index is 5.65. The maximum Gasteiger partial charge on any atom is 0.323 e. The third-order valence-corrected chi connectivity index (χ3v) is 2.72. The van der Waals surface area contributed by atoms with Crippen molar-refractivity contribution in [1.82, 2.24) is 15.0 Å². The van der Waals surface area contributed by atoms with Crippen LogP contribution in [0.2, 0.25) is 0 Å². The number of ether oxygens (including phenoxy) is 1. The Morgan fingerprint density at radius 1 is 1.05 bits per heavy atom. The fourth-order valence-corrected chi connectivity index (χ4v) is 1.89. The first-order chi connectivity index (χ1) is 9.83. The Balaban J connectivity index is 3.14. The Labute approximate surface area is 128 Å². The molecule has 120 valence electrons. The van der Waals surface area contributed by atoms with Crippen LogP contribution in [0.4, 0.5) is 11.9 Å². The molecule has 0 unspecified atom stereocenters. The lowest BCUT2D eigenvalue weighted by Crippen LogP contribution is -2.36. The zero-order valence-electron chi connectivity index (χ0n) is 14.3. The summed E-state index contributed by atoms with van der Waals surface area (Å²) in [6.07, 6.45) is 0.0346. The molecular weight excluding hydrogens is 266 g/mol. The van der Waals surface area contributed by atoms with Gasteiger partial charge in [0.25, 0.3) is 0 Å². The number of anilines is 2. The largest absolute Gasteiger partial charge is 0.461 e. The molecule has 0 atom stereocenters. The fourth-order valence-electron chi connectivity index (χ4n) is 1.89. The molecule has 1 aromatic rings. The molecule has 0 spiro atoms. The van der Waals surface area contributed by atoms with Crippen LogP contribution in [0.5, 0.6) is 6.01 Å². The molecule has 0 aromatic carbocycles. The summed E-state index contributed by atoms with van der Waals surface area (Å²) < 4.78 is 5.65. The number of aromatic nitrogens is 3. The molecule has 1 rings (SSSR count). The van der Waals surface area contributed by atoms with Gasteiger partial charge in [-0.05, 0) is 40.5 Å². The van der Waals surface area contributed by atoms with Gasteiger partial charge >= 0.3 is 6.01 Å². The lowest BCUT2D eigenvalue weighted by Gasteiger charge is -2.28. The summed E-state index contributed by atoms with van der Waals surface area (Å²) >= 11 is 0. The second kappa shape index (κ2) is 8.00. The van der Waals surface area contributed by atoms with E-state index in [0.717, 1.165) is 13.1 Å². The van der Waals surface area contributed by atoms with Crippen molar-refractivity contribution in [3.05, 3.63) is 0 Å².